The molecule has 2 aromatic rings. The van der Waals surface area contributed by atoms with Crippen molar-refractivity contribution >= 4 is 27.7 Å². The molecule has 1 N–H and O–H groups in total. The predicted molar refractivity (Wildman–Crippen MR) is 112 cm³/mol. The molecular weight excluding hydrogens is 374 g/mol. The molecule has 148 valence electrons. The Morgan fingerprint density at radius 1 is 0.929 bits per heavy atom. The summed E-state index contributed by atoms with van der Waals surface area (Å²) in [5.41, 5.74) is 1.97. The molecule has 0 unspecified atom stereocenters. The summed E-state index contributed by atoms with van der Waals surface area (Å²) in [5.74, 6) is -0.0255. The molecule has 3 rings (SSSR count). The second-order valence-electron chi connectivity index (χ2n) is 6.61. The number of amides is 1. The summed E-state index contributed by atoms with van der Waals surface area (Å²) in [6.07, 6.45) is 1.69. The van der Waals surface area contributed by atoms with Crippen molar-refractivity contribution in [2.24, 2.45) is 0 Å². The SMILES string of the molecule is O=C(CCNS(=O)(=O)C=Cc1ccccc1)N1CCN(c2ccccc2)CC1. The lowest BCUT2D eigenvalue weighted by Gasteiger charge is -2.36. The number of hydrogen-bond acceptors (Lipinski definition) is 4. The van der Waals surface area contributed by atoms with Crippen molar-refractivity contribution in [3.8, 4) is 0 Å². The van der Waals surface area contributed by atoms with Crippen LogP contribution in [0.25, 0.3) is 6.08 Å². The van der Waals surface area contributed by atoms with Gasteiger partial charge < -0.3 is 9.80 Å². The van der Waals surface area contributed by atoms with E-state index in [4.69, 9.17) is 0 Å². The van der Waals surface area contributed by atoms with Gasteiger partial charge in [0.15, 0.2) is 0 Å². The van der Waals surface area contributed by atoms with E-state index in [0.717, 1.165) is 29.7 Å². The van der Waals surface area contributed by atoms with E-state index in [-0.39, 0.29) is 18.9 Å². The number of para-hydroxylation sites is 1. The van der Waals surface area contributed by atoms with Gasteiger partial charge >= 0.3 is 0 Å². The highest BCUT2D eigenvalue weighted by atomic mass is 32.2. The Labute approximate surface area is 166 Å². The third-order valence-corrected chi connectivity index (χ3v) is 5.74. The van der Waals surface area contributed by atoms with Crippen LogP contribution >= 0.6 is 0 Å². The first-order chi connectivity index (χ1) is 13.5. The highest BCUT2D eigenvalue weighted by molar-refractivity contribution is 7.92. The Morgan fingerprint density at radius 3 is 2.18 bits per heavy atom. The fraction of sp³-hybridized carbons (Fsp3) is 0.286. The molecule has 6 nitrogen and oxygen atoms in total. The van der Waals surface area contributed by atoms with Crippen LogP contribution < -0.4 is 9.62 Å². The minimum Gasteiger partial charge on any atom is -0.368 e. The Balaban J connectivity index is 1.41. The number of nitrogens with zero attached hydrogens (tertiary/aromatic N) is 2. The van der Waals surface area contributed by atoms with Gasteiger partial charge in [0.25, 0.3) is 0 Å². The number of rotatable bonds is 7. The number of anilines is 1. The Kier molecular flexibility index (Phi) is 6.84. The lowest BCUT2D eigenvalue weighted by atomic mass is 10.2. The number of benzene rings is 2. The summed E-state index contributed by atoms with van der Waals surface area (Å²) in [6.45, 7) is 2.95. The van der Waals surface area contributed by atoms with E-state index in [1.54, 1.807) is 4.90 Å². The Morgan fingerprint density at radius 2 is 1.54 bits per heavy atom. The predicted octanol–water partition coefficient (Wildman–Crippen LogP) is 2.32. The van der Waals surface area contributed by atoms with Crippen LogP contribution in [-0.4, -0.2) is 51.9 Å². The van der Waals surface area contributed by atoms with Gasteiger partial charge in [0.1, 0.15) is 0 Å². The van der Waals surface area contributed by atoms with Crippen LogP contribution in [0, 0.1) is 0 Å². The summed E-state index contributed by atoms with van der Waals surface area (Å²) < 4.78 is 26.5. The summed E-state index contributed by atoms with van der Waals surface area (Å²) >= 11 is 0. The van der Waals surface area contributed by atoms with Crippen molar-refractivity contribution in [2.75, 3.05) is 37.6 Å². The molecule has 1 aliphatic rings. The maximum atomic E-state index is 12.4. The molecule has 0 saturated carbocycles. The molecule has 2 aromatic carbocycles. The van der Waals surface area contributed by atoms with Crippen molar-refractivity contribution in [1.29, 1.82) is 0 Å². The van der Waals surface area contributed by atoms with Crippen LogP contribution in [-0.2, 0) is 14.8 Å². The third kappa shape index (κ3) is 5.94. The third-order valence-electron chi connectivity index (χ3n) is 4.64. The molecule has 1 saturated heterocycles. The molecule has 0 spiro atoms. The first-order valence-corrected chi connectivity index (χ1v) is 10.9. The normalized spacial score (nSPS) is 15.1. The molecule has 1 amide bonds. The van der Waals surface area contributed by atoms with Gasteiger partial charge in [-0.2, -0.15) is 0 Å². The van der Waals surface area contributed by atoms with E-state index < -0.39 is 10.0 Å². The van der Waals surface area contributed by atoms with Crippen molar-refractivity contribution < 1.29 is 13.2 Å². The molecule has 0 aliphatic carbocycles. The molecule has 0 atom stereocenters. The topological polar surface area (TPSA) is 69.7 Å². The Hall–Kier alpha value is -2.64. The lowest BCUT2D eigenvalue weighted by molar-refractivity contribution is -0.131. The van der Waals surface area contributed by atoms with Crippen LogP contribution in [0.2, 0.25) is 0 Å². The van der Waals surface area contributed by atoms with Crippen molar-refractivity contribution in [3.63, 3.8) is 0 Å². The van der Waals surface area contributed by atoms with Gasteiger partial charge in [-0.05, 0) is 23.8 Å². The number of sulfonamides is 1. The minimum atomic E-state index is -3.56. The molecule has 7 heteroatoms. The van der Waals surface area contributed by atoms with Gasteiger partial charge in [0.05, 0.1) is 0 Å². The number of piperazine rings is 1. The summed E-state index contributed by atoms with van der Waals surface area (Å²) in [6, 6.07) is 19.3. The van der Waals surface area contributed by atoms with Crippen molar-refractivity contribution in [3.05, 3.63) is 71.6 Å². The zero-order valence-corrected chi connectivity index (χ0v) is 16.5. The van der Waals surface area contributed by atoms with Gasteiger partial charge in [-0.3, -0.25) is 4.79 Å². The average molecular weight is 400 g/mol. The second-order valence-corrected chi connectivity index (χ2v) is 8.26. The van der Waals surface area contributed by atoms with E-state index in [0.29, 0.717) is 13.1 Å². The van der Waals surface area contributed by atoms with E-state index >= 15 is 0 Å². The molecule has 1 aliphatic heterocycles. The highest BCUT2D eigenvalue weighted by Gasteiger charge is 2.21. The fourth-order valence-electron chi connectivity index (χ4n) is 3.09. The Bertz CT molecular complexity index is 891. The van der Waals surface area contributed by atoms with Crippen molar-refractivity contribution in [2.45, 2.75) is 6.42 Å². The van der Waals surface area contributed by atoms with E-state index in [9.17, 15) is 13.2 Å². The summed E-state index contributed by atoms with van der Waals surface area (Å²) in [4.78, 5) is 16.4. The van der Waals surface area contributed by atoms with Gasteiger partial charge in [-0.15, -0.1) is 0 Å². The molecular formula is C21H25N3O3S. The van der Waals surface area contributed by atoms with Gasteiger partial charge in [0, 0.05) is 50.2 Å². The van der Waals surface area contributed by atoms with Crippen molar-refractivity contribution in [1.82, 2.24) is 9.62 Å². The number of carbonyl (C=O) groups excluding carboxylic acids is 1. The number of carbonyl (C=O) groups is 1. The number of hydrogen-bond donors (Lipinski definition) is 1. The first kappa shape index (κ1) is 20.1. The van der Waals surface area contributed by atoms with Crippen LogP contribution in [0.5, 0.6) is 0 Å². The largest absolute Gasteiger partial charge is 0.368 e. The fourth-order valence-corrected chi connectivity index (χ4v) is 3.91. The van der Waals surface area contributed by atoms with E-state index in [2.05, 4.69) is 21.8 Å². The minimum absolute atomic E-state index is 0.0255. The average Bonchev–Trinajstić information content (AvgIpc) is 2.74. The van der Waals surface area contributed by atoms with Gasteiger partial charge in [0.2, 0.25) is 15.9 Å². The first-order valence-electron chi connectivity index (χ1n) is 9.34. The molecule has 28 heavy (non-hydrogen) atoms. The zero-order valence-electron chi connectivity index (χ0n) is 15.7. The smallest absolute Gasteiger partial charge is 0.233 e. The maximum absolute atomic E-state index is 12.4. The molecule has 1 fully saturated rings. The highest BCUT2D eigenvalue weighted by Crippen LogP contribution is 2.15. The molecule has 0 bridgehead atoms. The monoisotopic (exact) mass is 399 g/mol. The maximum Gasteiger partial charge on any atom is 0.233 e. The summed E-state index contributed by atoms with van der Waals surface area (Å²) in [5, 5.41) is 1.13. The van der Waals surface area contributed by atoms with E-state index in [1.807, 2.05) is 48.5 Å². The quantitative estimate of drug-likeness (QED) is 0.776. The number of nitrogens with one attached hydrogen (secondary N) is 1. The van der Waals surface area contributed by atoms with Gasteiger partial charge in [-0.1, -0.05) is 48.5 Å². The zero-order chi connectivity index (χ0) is 19.8. The standard InChI is InChI=1S/C21H25N3O3S/c25-21(24-16-14-23(15-17-24)20-9-5-2-6-10-20)11-13-22-28(26,27)18-12-19-7-3-1-4-8-19/h1-10,12,18,22H,11,13-17H2. The van der Waals surface area contributed by atoms with Gasteiger partial charge in [-0.25, -0.2) is 13.1 Å². The second kappa shape index (κ2) is 9.52. The van der Waals surface area contributed by atoms with E-state index in [1.165, 1.54) is 6.08 Å². The van der Waals surface area contributed by atoms with Crippen LogP contribution in [0.4, 0.5) is 5.69 Å². The molecule has 0 aromatic heterocycles. The van der Waals surface area contributed by atoms with Crippen LogP contribution in [0.1, 0.15) is 12.0 Å². The summed E-state index contributed by atoms with van der Waals surface area (Å²) in [7, 11) is -3.56. The van der Waals surface area contributed by atoms with Crippen LogP contribution in [0.3, 0.4) is 0 Å². The molecule has 0 radical (unpaired) electrons. The molecule has 1 heterocycles. The van der Waals surface area contributed by atoms with Crippen LogP contribution in [0.15, 0.2) is 66.1 Å². The lowest BCUT2D eigenvalue weighted by Crippen LogP contribution is -2.49.